The Hall–Kier alpha value is -1.36. The van der Waals surface area contributed by atoms with Crippen LogP contribution < -0.4 is 10.2 Å². The van der Waals surface area contributed by atoms with Gasteiger partial charge in [-0.3, -0.25) is 4.90 Å². The van der Waals surface area contributed by atoms with Crippen molar-refractivity contribution in [2.45, 2.75) is 46.6 Å². The number of aromatic nitrogens is 2. The molecule has 1 aliphatic rings. The first-order valence-corrected chi connectivity index (χ1v) is 7.99. The van der Waals surface area contributed by atoms with Crippen molar-refractivity contribution in [2.24, 2.45) is 0 Å². The minimum absolute atomic E-state index is 0.252. The third-order valence-electron chi connectivity index (χ3n) is 3.93. The fourth-order valence-corrected chi connectivity index (χ4v) is 2.64. The van der Waals surface area contributed by atoms with Gasteiger partial charge >= 0.3 is 0 Å². The molecular weight excluding hydrogens is 262 g/mol. The van der Waals surface area contributed by atoms with Crippen molar-refractivity contribution in [3.63, 3.8) is 0 Å². The maximum Gasteiger partial charge on any atom is 0.224 e. The van der Waals surface area contributed by atoms with E-state index in [2.05, 4.69) is 58.8 Å². The molecule has 1 aromatic rings. The number of aryl methyl sites for hydroxylation is 1. The Morgan fingerprint density at radius 2 is 1.81 bits per heavy atom. The Bertz CT molecular complexity index is 458. The van der Waals surface area contributed by atoms with Crippen molar-refractivity contribution in [1.29, 1.82) is 0 Å². The van der Waals surface area contributed by atoms with Crippen LogP contribution in [0.4, 0.5) is 11.8 Å². The highest BCUT2D eigenvalue weighted by atomic mass is 15.3. The normalized spacial score (nSPS) is 17.1. The topological polar surface area (TPSA) is 44.3 Å². The van der Waals surface area contributed by atoms with Gasteiger partial charge in [0.25, 0.3) is 0 Å². The molecule has 1 N–H and O–H groups in total. The van der Waals surface area contributed by atoms with Gasteiger partial charge in [0.2, 0.25) is 5.95 Å². The lowest BCUT2D eigenvalue weighted by molar-refractivity contribution is 0.128. The summed E-state index contributed by atoms with van der Waals surface area (Å²) in [5.41, 5.74) is 1.28. The van der Waals surface area contributed by atoms with Crippen LogP contribution in [0.1, 0.15) is 39.8 Å². The molecule has 0 bridgehead atoms. The van der Waals surface area contributed by atoms with Gasteiger partial charge < -0.3 is 10.2 Å². The third-order valence-corrected chi connectivity index (χ3v) is 3.93. The lowest BCUT2D eigenvalue weighted by Crippen LogP contribution is -2.53. The third kappa shape index (κ3) is 4.30. The summed E-state index contributed by atoms with van der Waals surface area (Å²) in [4.78, 5) is 14.0. The number of rotatable bonds is 4. The van der Waals surface area contributed by atoms with Gasteiger partial charge in [0.15, 0.2) is 0 Å². The highest BCUT2D eigenvalue weighted by molar-refractivity contribution is 5.45. The molecule has 118 valence electrons. The van der Waals surface area contributed by atoms with Gasteiger partial charge in [0.05, 0.1) is 0 Å². The summed E-state index contributed by atoms with van der Waals surface area (Å²) in [6, 6.07) is 2.09. The minimum atomic E-state index is 0.252. The van der Waals surface area contributed by atoms with E-state index in [1.807, 2.05) is 6.92 Å². The Balaban J connectivity index is 2.04. The van der Waals surface area contributed by atoms with Crippen molar-refractivity contribution in [3.8, 4) is 0 Å². The predicted molar refractivity (Wildman–Crippen MR) is 89.1 cm³/mol. The number of anilines is 2. The van der Waals surface area contributed by atoms with Gasteiger partial charge in [0.1, 0.15) is 5.82 Å². The smallest absolute Gasteiger partial charge is 0.224 e. The van der Waals surface area contributed by atoms with Crippen molar-refractivity contribution >= 4 is 11.8 Å². The zero-order valence-corrected chi connectivity index (χ0v) is 14.1. The van der Waals surface area contributed by atoms with Crippen LogP contribution in [0.5, 0.6) is 0 Å². The number of piperazine rings is 1. The lowest BCUT2D eigenvalue weighted by atomic mass is 10.1. The summed E-state index contributed by atoms with van der Waals surface area (Å²) in [6.45, 7) is 16.2. The predicted octanol–water partition coefficient (Wildman–Crippen LogP) is 2.53. The van der Waals surface area contributed by atoms with E-state index in [0.717, 1.165) is 56.6 Å². The first kappa shape index (κ1) is 16.0. The van der Waals surface area contributed by atoms with E-state index in [-0.39, 0.29) is 5.54 Å². The standard InChI is InChI=1S/C16H29N5/c1-6-7-17-15-18-13(2)12-14(19-15)20-8-10-21(11-9-20)16(3,4)5/h12H,6-11H2,1-5H3,(H,17,18,19). The van der Waals surface area contributed by atoms with Crippen molar-refractivity contribution < 1.29 is 0 Å². The second-order valence-corrected chi connectivity index (χ2v) is 6.76. The zero-order chi connectivity index (χ0) is 15.5. The van der Waals surface area contributed by atoms with Gasteiger partial charge in [-0.05, 0) is 34.1 Å². The molecule has 1 aliphatic heterocycles. The first-order chi connectivity index (χ1) is 9.90. The molecule has 0 amide bonds. The quantitative estimate of drug-likeness (QED) is 0.923. The lowest BCUT2D eigenvalue weighted by Gasteiger charge is -2.42. The van der Waals surface area contributed by atoms with Crippen LogP contribution in [0.25, 0.3) is 0 Å². The van der Waals surface area contributed by atoms with Gasteiger partial charge in [-0.1, -0.05) is 6.92 Å². The van der Waals surface area contributed by atoms with Crippen LogP contribution in [0.15, 0.2) is 6.07 Å². The zero-order valence-electron chi connectivity index (χ0n) is 14.1. The van der Waals surface area contributed by atoms with Crippen LogP contribution >= 0.6 is 0 Å². The number of hydrogen-bond acceptors (Lipinski definition) is 5. The summed E-state index contributed by atoms with van der Waals surface area (Å²) in [7, 11) is 0. The van der Waals surface area contributed by atoms with Crippen LogP contribution in [0.2, 0.25) is 0 Å². The fourth-order valence-electron chi connectivity index (χ4n) is 2.64. The van der Waals surface area contributed by atoms with E-state index < -0.39 is 0 Å². The van der Waals surface area contributed by atoms with E-state index in [0.29, 0.717) is 0 Å². The van der Waals surface area contributed by atoms with E-state index in [1.165, 1.54) is 0 Å². The SMILES string of the molecule is CCCNc1nc(C)cc(N2CCN(C(C)(C)C)CC2)n1. The average molecular weight is 291 g/mol. The second-order valence-electron chi connectivity index (χ2n) is 6.76. The van der Waals surface area contributed by atoms with Crippen molar-refractivity contribution in [1.82, 2.24) is 14.9 Å². The van der Waals surface area contributed by atoms with E-state index in [1.54, 1.807) is 0 Å². The second kappa shape index (κ2) is 6.60. The Labute approximate surface area is 128 Å². The largest absolute Gasteiger partial charge is 0.354 e. The number of nitrogens with one attached hydrogen (secondary N) is 1. The molecule has 0 unspecified atom stereocenters. The Morgan fingerprint density at radius 1 is 1.14 bits per heavy atom. The van der Waals surface area contributed by atoms with Crippen LogP contribution in [0.3, 0.4) is 0 Å². The first-order valence-electron chi connectivity index (χ1n) is 7.99. The van der Waals surface area contributed by atoms with E-state index in [9.17, 15) is 0 Å². The molecule has 2 rings (SSSR count). The van der Waals surface area contributed by atoms with E-state index in [4.69, 9.17) is 0 Å². The highest BCUT2D eigenvalue weighted by Gasteiger charge is 2.26. The van der Waals surface area contributed by atoms with Crippen LogP contribution in [0, 0.1) is 6.92 Å². The maximum atomic E-state index is 4.67. The molecule has 0 aromatic carbocycles. The monoisotopic (exact) mass is 291 g/mol. The van der Waals surface area contributed by atoms with Crippen LogP contribution in [-0.2, 0) is 0 Å². The fraction of sp³-hybridized carbons (Fsp3) is 0.750. The summed E-state index contributed by atoms with van der Waals surface area (Å²) >= 11 is 0. The molecule has 5 nitrogen and oxygen atoms in total. The Kier molecular flexibility index (Phi) is 5.04. The molecular formula is C16H29N5. The molecule has 21 heavy (non-hydrogen) atoms. The molecule has 0 saturated carbocycles. The van der Waals surface area contributed by atoms with Crippen molar-refractivity contribution in [2.75, 3.05) is 42.9 Å². The van der Waals surface area contributed by atoms with Gasteiger partial charge in [-0.15, -0.1) is 0 Å². The average Bonchev–Trinajstić information content (AvgIpc) is 2.44. The molecule has 1 saturated heterocycles. The molecule has 1 aromatic heterocycles. The van der Waals surface area contributed by atoms with Gasteiger partial charge in [-0.2, -0.15) is 4.98 Å². The highest BCUT2D eigenvalue weighted by Crippen LogP contribution is 2.20. The molecule has 5 heteroatoms. The minimum Gasteiger partial charge on any atom is -0.354 e. The van der Waals surface area contributed by atoms with E-state index >= 15 is 0 Å². The van der Waals surface area contributed by atoms with Crippen LogP contribution in [-0.4, -0.2) is 53.1 Å². The molecule has 2 heterocycles. The summed E-state index contributed by atoms with van der Waals surface area (Å²) in [6.07, 6.45) is 1.08. The molecule has 0 atom stereocenters. The van der Waals surface area contributed by atoms with Gasteiger partial charge in [-0.25, -0.2) is 4.98 Å². The van der Waals surface area contributed by atoms with Gasteiger partial charge in [0, 0.05) is 50.0 Å². The molecule has 1 fully saturated rings. The Morgan fingerprint density at radius 3 is 2.38 bits per heavy atom. The molecule has 0 spiro atoms. The molecule has 0 aliphatic carbocycles. The summed E-state index contributed by atoms with van der Waals surface area (Å²) in [5.74, 6) is 1.81. The number of nitrogens with zero attached hydrogens (tertiary/aromatic N) is 4. The summed E-state index contributed by atoms with van der Waals surface area (Å²) in [5, 5.41) is 3.29. The van der Waals surface area contributed by atoms with Crippen molar-refractivity contribution in [3.05, 3.63) is 11.8 Å². The summed E-state index contributed by atoms with van der Waals surface area (Å²) < 4.78 is 0. The number of hydrogen-bond donors (Lipinski definition) is 1. The molecule has 0 radical (unpaired) electrons. The maximum absolute atomic E-state index is 4.67.